The molecule has 0 radical (unpaired) electrons. The third kappa shape index (κ3) is 2.36. The molecule has 0 fully saturated rings. The zero-order valence-electron chi connectivity index (χ0n) is 5.30. The summed E-state index contributed by atoms with van der Waals surface area (Å²) in [5.74, 6) is -2.27. The zero-order valence-corrected chi connectivity index (χ0v) is 9.78. The monoisotopic (exact) mass is 245 g/mol. The van der Waals surface area contributed by atoms with Gasteiger partial charge in [0.2, 0.25) is 0 Å². The van der Waals surface area contributed by atoms with Crippen LogP contribution in [0.15, 0.2) is 6.07 Å². The predicted octanol–water partition coefficient (Wildman–Crippen LogP) is 3.07. The van der Waals surface area contributed by atoms with Gasteiger partial charge in [0.15, 0.2) is 0 Å². The van der Waals surface area contributed by atoms with E-state index in [4.69, 9.17) is 23.2 Å². The fourth-order valence-corrected chi connectivity index (χ4v) is 0.730. The van der Waals surface area contributed by atoms with Crippen LogP contribution in [0.5, 0.6) is 0 Å². The Bertz CT molecular complexity index is 238. The Kier molecular flexibility index (Phi) is 4.46. The van der Waals surface area contributed by atoms with Crippen molar-refractivity contribution >= 4 is 23.2 Å². The standard InChI is InChI=1S/C6HCl2F2.Zn/c7-3-1-2-4(9)6(10)5(3)8;/h1H;/q-1;. The summed E-state index contributed by atoms with van der Waals surface area (Å²) in [5.41, 5.74) is 0. The van der Waals surface area contributed by atoms with Crippen LogP contribution in [0.25, 0.3) is 0 Å². The van der Waals surface area contributed by atoms with Crippen LogP contribution in [-0.4, -0.2) is 0 Å². The van der Waals surface area contributed by atoms with Crippen molar-refractivity contribution in [2.24, 2.45) is 0 Å². The minimum absolute atomic E-state index is 0. The van der Waals surface area contributed by atoms with Crippen molar-refractivity contribution in [1.29, 1.82) is 0 Å². The molecule has 0 bridgehead atoms. The number of hydrogen-bond donors (Lipinski definition) is 0. The fourth-order valence-electron chi connectivity index (χ4n) is 0.455. The van der Waals surface area contributed by atoms with Crippen LogP contribution in [-0.2, 0) is 19.5 Å². The first-order chi connectivity index (χ1) is 4.63. The van der Waals surface area contributed by atoms with E-state index in [0.29, 0.717) is 0 Å². The number of rotatable bonds is 0. The van der Waals surface area contributed by atoms with Gasteiger partial charge < -0.3 is 0 Å². The van der Waals surface area contributed by atoms with Gasteiger partial charge in [-0.2, -0.15) is 17.7 Å². The fraction of sp³-hybridized carbons (Fsp3) is 0. The molecule has 56 valence electrons. The zero-order chi connectivity index (χ0) is 7.72. The molecule has 0 spiro atoms. The Morgan fingerprint density at radius 2 is 1.82 bits per heavy atom. The molecule has 0 atom stereocenters. The van der Waals surface area contributed by atoms with Gasteiger partial charge in [0.1, 0.15) is 0 Å². The van der Waals surface area contributed by atoms with E-state index in [1.165, 1.54) is 0 Å². The molecule has 11 heavy (non-hydrogen) atoms. The SMILES string of the molecule is Fc1[c-]cc(Cl)c(Cl)c1F.[Zn]. The molecule has 5 heteroatoms. The van der Waals surface area contributed by atoms with E-state index in [2.05, 4.69) is 0 Å². The first-order valence-electron chi connectivity index (χ1n) is 2.33. The maximum absolute atomic E-state index is 12.4. The summed E-state index contributed by atoms with van der Waals surface area (Å²) < 4.78 is 24.6. The minimum atomic E-state index is -1.16. The van der Waals surface area contributed by atoms with Crippen LogP contribution in [0.4, 0.5) is 8.78 Å². The smallest absolute Gasteiger partial charge is 0.0630 e. The summed E-state index contributed by atoms with van der Waals surface area (Å²) in [5, 5.41) is -0.446. The van der Waals surface area contributed by atoms with E-state index in [-0.39, 0.29) is 24.5 Å². The van der Waals surface area contributed by atoms with E-state index >= 15 is 0 Å². The van der Waals surface area contributed by atoms with Crippen LogP contribution >= 0.6 is 23.2 Å². The molecule has 0 unspecified atom stereocenters. The quantitative estimate of drug-likeness (QED) is 0.286. The van der Waals surface area contributed by atoms with Gasteiger partial charge in [0, 0.05) is 25.3 Å². The van der Waals surface area contributed by atoms with Crippen molar-refractivity contribution in [3.63, 3.8) is 0 Å². The maximum Gasteiger partial charge on any atom is 0.0630 e. The van der Waals surface area contributed by atoms with E-state index < -0.39 is 16.7 Å². The van der Waals surface area contributed by atoms with E-state index in [1.54, 1.807) is 0 Å². The van der Waals surface area contributed by atoms with Gasteiger partial charge in [-0.05, 0) is 10.0 Å². The van der Waals surface area contributed by atoms with Crippen LogP contribution in [0.1, 0.15) is 0 Å². The number of benzene rings is 1. The summed E-state index contributed by atoms with van der Waals surface area (Å²) in [4.78, 5) is 0. The Balaban J connectivity index is 0.000001000. The molecule has 0 nitrogen and oxygen atoms in total. The molecule has 1 rings (SSSR count). The van der Waals surface area contributed by atoms with Crippen molar-refractivity contribution in [3.8, 4) is 0 Å². The summed E-state index contributed by atoms with van der Waals surface area (Å²) in [6.45, 7) is 0. The first kappa shape index (κ1) is 11.3. The van der Waals surface area contributed by atoms with E-state index in [9.17, 15) is 8.78 Å². The van der Waals surface area contributed by atoms with Crippen LogP contribution < -0.4 is 0 Å². The topological polar surface area (TPSA) is 0 Å². The van der Waals surface area contributed by atoms with Crippen molar-refractivity contribution in [1.82, 2.24) is 0 Å². The largest absolute Gasteiger partial charge is 0.280 e. The second-order valence-corrected chi connectivity index (χ2v) is 2.36. The summed E-state index contributed by atoms with van der Waals surface area (Å²) in [7, 11) is 0. The van der Waals surface area contributed by atoms with Crippen molar-refractivity contribution in [2.45, 2.75) is 0 Å². The Morgan fingerprint density at radius 1 is 1.27 bits per heavy atom. The van der Waals surface area contributed by atoms with Gasteiger partial charge in [0.05, 0.1) is 5.82 Å². The summed E-state index contributed by atoms with van der Waals surface area (Å²) >= 11 is 10.5. The summed E-state index contributed by atoms with van der Waals surface area (Å²) in [6.07, 6.45) is 0. The van der Waals surface area contributed by atoms with E-state index in [1.807, 2.05) is 6.07 Å². The molecule has 0 aliphatic rings. The molecule has 1 aromatic carbocycles. The second kappa shape index (κ2) is 4.34. The second-order valence-electron chi connectivity index (χ2n) is 1.58. The predicted molar refractivity (Wildman–Crippen MR) is 35.2 cm³/mol. The molecular formula is C6HCl2F2Zn-. The van der Waals surface area contributed by atoms with Gasteiger partial charge in [-0.25, -0.2) is 4.39 Å². The average molecular weight is 247 g/mol. The molecule has 0 aromatic heterocycles. The average Bonchev–Trinajstić information content (AvgIpc) is 1.93. The molecule has 0 saturated carbocycles. The van der Waals surface area contributed by atoms with Crippen molar-refractivity contribution < 1.29 is 28.3 Å². The first-order valence-corrected chi connectivity index (χ1v) is 3.09. The Hall–Kier alpha value is 0.283. The Labute approximate surface area is 85.3 Å². The third-order valence-electron chi connectivity index (χ3n) is 0.921. The van der Waals surface area contributed by atoms with Gasteiger partial charge in [0.25, 0.3) is 0 Å². The minimum Gasteiger partial charge on any atom is -0.280 e. The number of hydrogen-bond acceptors (Lipinski definition) is 0. The Morgan fingerprint density at radius 3 is 2.27 bits per heavy atom. The molecular weight excluding hydrogens is 246 g/mol. The van der Waals surface area contributed by atoms with Gasteiger partial charge in [-0.15, -0.1) is 17.7 Å². The molecule has 0 amide bonds. The number of halogens is 4. The van der Waals surface area contributed by atoms with Crippen molar-refractivity contribution in [2.75, 3.05) is 0 Å². The van der Waals surface area contributed by atoms with Gasteiger partial charge in [-0.3, -0.25) is 4.39 Å². The summed E-state index contributed by atoms with van der Waals surface area (Å²) in [6, 6.07) is 3.02. The van der Waals surface area contributed by atoms with Crippen LogP contribution in [0, 0.1) is 17.7 Å². The van der Waals surface area contributed by atoms with Gasteiger partial charge >= 0.3 is 0 Å². The molecule has 0 aliphatic carbocycles. The van der Waals surface area contributed by atoms with Gasteiger partial charge in [-0.1, -0.05) is 0 Å². The molecule has 0 saturated heterocycles. The van der Waals surface area contributed by atoms with Crippen LogP contribution in [0.3, 0.4) is 0 Å². The maximum atomic E-state index is 12.4. The molecule has 0 N–H and O–H groups in total. The van der Waals surface area contributed by atoms with Crippen LogP contribution in [0.2, 0.25) is 10.0 Å². The normalized spacial score (nSPS) is 9.09. The molecule has 0 heterocycles. The van der Waals surface area contributed by atoms with E-state index in [0.717, 1.165) is 6.07 Å². The van der Waals surface area contributed by atoms with Crippen molar-refractivity contribution in [3.05, 3.63) is 33.8 Å². The molecule has 1 aromatic rings. The third-order valence-corrected chi connectivity index (χ3v) is 1.69. The molecule has 0 aliphatic heterocycles.